The summed E-state index contributed by atoms with van der Waals surface area (Å²) in [6, 6.07) is 6.98. The molecular weight excluding hydrogens is 469 g/mol. The van der Waals surface area contributed by atoms with E-state index < -0.39 is 23.5 Å². The summed E-state index contributed by atoms with van der Waals surface area (Å²) in [7, 11) is 3.50. The van der Waals surface area contributed by atoms with E-state index in [1.165, 1.54) is 0 Å². The molecule has 3 aromatic rings. The van der Waals surface area contributed by atoms with Gasteiger partial charge in [0.2, 0.25) is 0 Å². The first kappa shape index (κ1) is 24.1. The van der Waals surface area contributed by atoms with Crippen LogP contribution in [0.15, 0.2) is 48.4 Å². The number of likely N-dealkylation sites (N-methyl/N-ethyl adjacent to an activating group) is 1. The van der Waals surface area contributed by atoms with E-state index in [0.29, 0.717) is 37.3 Å². The Hall–Kier alpha value is -3.59. The molecule has 3 heterocycles. The van der Waals surface area contributed by atoms with Crippen molar-refractivity contribution in [2.24, 2.45) is 0 Å². The first-order valence-corrected chi connectivity index (χ1v) is 11.8. The number of amides is 1. The summed E-state index contributed by atoms with van der Waals surface area (Å²) < 4.78 is 49.2. The minimum absolute atomic E-state index is 0.101. The fourth-order valence-corrected chi connectivity index (χ4v) is 5.21. The predicted octanol–water partition coefficient (Wildman–Crippen LogP) is 4.67. The summed E-state index contributed by atoms with van der Waals surface area (Å²) in [4.78, 5) is 21.7. The Kier molecular flexibility index (Phi) is 6.34. The summed E-state index contributed by atoms with van der Waals surface area (Å²) in [5, 5.41) is 0. The lowest BCUT2D eigenvalue weighted by Crippen LogP contribution is -2.57. The van der Waals surface area contributed by atoms with Gasteiger partial charge in [0.25, 0.3) is 5.91 Å². The van der Waals surface area contributed by atoms with Crippen molar-refractivity contribution >= 4 is 12.0 Å². The number of fused-ring (bicyclic) bond motifs is 1. The van der Waals surface area contributed by atoms with Crippen LogP contribution in [0.1, 0.15) is 35.7 Å². The first-order chi connectivity index (χ1) is 17.2. The molecule has 6 nitrogen and oxygen atoms in total. The van der Waals surface area contributed by atoms with Gasteiger partial charge in [0.05, 0.1) is 30.9 Å². The minimum Gasteiger partial charge on any atom is -0.495 e. The Bertz CT molecular complexity index is 1330. The zero-order valence-corrected chi connectivity index (χ0v) is 20.3. The molecule has 0 radical (unpaired) electrons. The van der Waals surface area contributed by atoms with Crippen LogP contribution in [-0.2, 0) is 4.79 Å². The number of hydrogen-bond acceptors (Lipinski definition) is 4. The van der Waals surface area contributed by atoms with Crippen LogP contribution in [0.25, 0.3) is 11.8 Å². The summed E-state index contributed by atoms with van der Waals surface area (Å²) in [5.74, 6) is -3.56. The van der Waals surface area contributed by atoms with Gasteiger partial charge in [-0.05, 0) is 68.3 Å². The smallest absolute Gasteiger partial charge is 0.250 e. The Balaban J connectivity index is 1.47. The fraction of sp³-hybridized carbons (Fsp3) is 0.333. The van der Waals surface area contributed by atoms with Gasteiger partial charge in [-0.2, -0.15) is 0 Å². The zero-order chi connectivity index (χ0) is 25.6. The molecule has 2 saturated heterocycles. The second kappa shape index (κ2) is 9.46. The Morgan fingerprint density at radius 1 is 1.11 bits per heavy atom. The zero-order valence-electron chi connectivity index (χ0n) is 20.3. The van der Waals surface area contributed by atoms with Crippen molar-refractivity contribution in [3.63, 3.8) is 0 Å². The number of piperazine rings is 1. The van der Waals surface area contributed by atoms with Crippen molar-refractivity contribution in [3.8, 4) is 11.4 Å². The number of piperidine rings is 1. The molecule has 0 unspecified atom stereocenters. The maximum atomic E-state index is 14.0. The molecule has 2 atom stereocenters. The first-order valence-electron chi connectivity index (χ1n) is 11.8. The molecule has 9 heteroatoms. The van der Waals surface area contributed by atoms with Crippen LogP contribution < -0.4 is 4.74 Å². The number of hydrogen-bond donors (Lipinski definition) is 0. The number of methoxy groups -OCH3 is 1. The van der Waals surface area contributed by atoms with Crippen molar-refractivity contribution in [1.29, 1.82) is 0 Å². The standard InChI is InChI=1S/C27H27F3N4O2/c1-16-12-33(15-31-16)23-7-4-17(9-25(23)36-3)8-18-5-6-20-13-32(2)14-24(34(20)27(18)35)19-10-21(28)26(30)22(29)11-19/h4,7-12,15,20,24H,5-6,13-14H2,1-3H3/b18-8+/t20-,24-/m1/s1. The van der Waals surface area contributed by atoms with Gasteiger partial charge in [0, 0.05) is 30.9 Å². The summed E-state index contributed by atoms with van der Waals surface area (Å²) in [6.07, 6.45) is 6.75. The number of halogens is 3. The van der Waals surface area contributed by atoms with Gasteiger partial charge in [-0.3, -0.25) is 4.79 Å². The van der Waals surface area contributed by atoms with Crippen LogP contribution in [0.5, 0.6) is 5.75 Å². The molecule has 0 saturated carbocycles. The molecule has 0 N–H and O–H groups in total. The van der Waals surface area contributed by atoms with Crippen molar-refractivity contribution in [1.82, 2.24) is 19.4 Å². The molecule has 2 fully saturated rings. The lowest BCUT2D eigenvalue weighted by Gasteiger charge is -2.48. The van der Waals surface area contributed by atoms with Crippen molar-refractivity contribution in [2.75, 3.05) is 27.2 Å². The molecule has 0 aliphatic carbocycles. The number of carbonyl (C=O) groups excluding carboxylic acids is 1. The Morgan fingerprint density at radius 2 is 1.86 bits per heavy atom. The topological polar surface area (TPSA) is 50.6 Å². The fourth-order valence-electron chi connectivity index (χ4n) is 5.21. The highest BCUT2D eigenvalue weighted by Crippen LogP contribution is 2.37. The maximum Gasteiger partial charge on any atom is 0.250 e. The molecule has 5 rings (SSSR count). The van der Waals surface area contributed by atoms with E-state index in [1.54, 1.807) is 18.3 Å². The highest BCUT2D eigenvalue weighted by atomic mass is 19.2. The van der Waals surface area contributed by atoms with Gasteiger partial charge in [-0.1, -0.05) is 6.07 Å². The number of aromatic nitrogens is 2. The van der Waals surface area contributed by atoms with E-state index in [2.05, 4.69) is 4.98 Å². The maximum absolute atomic E-state index is 14.0. The van der Waals surface area contributed by atoms with Crippen LogP contribution in [0.4, 0.5) is 13.2 Å². The van der Waals surface area contributed by atoms with E-state index >= 15 is 0 Å². The van der Waals surface area contributed by atoms with Crippen molar-refractivity contribution in [3.05, 3.63) is 82.7 Å². The van der Waals surface area contributed by atoms with Gasteiger partial charge in [0.15, 0.2) is 17.5 Å². The second-order valence-electron chi connectivity index (χ2n) is 9.46. The lowest BCUT2D eigenvalue weighted by atomic mass is 9.89. The predicted molar refractivity (Wildman–Crippen MR) is 129 cm³/mol. The number of aryl methyl sites for hydroxylation is 1. The van der Waals surface area contributed by atoms with Gasteiger partial charge in [0.1, 0.15) is 5.75 Å². The third-order valence-electron chi connectivity index (χ3n) is 6.92. The monoisotopic (exact) mass is 496 g/mol. The van der Waals surface area contributed by atoms with Gasteiger partial charge < -0.3 is 19.1 Å². The third-order valence-corrected chi connectivity index (χ3v) is 6.92. The van der Waals surface area contributed by atoms with Crippen LogP contribution in [0.3, 0.4) is 0 Å². The van der Waals surface area contributed by atoms with E-state index in [4.69, 9.17) is 4.74 Å². The molecule has 36 heavy (non-hydrogen) atoms. The molecule has 2 aliphatic rings. The number of carbonyl (C=O) groups is 1. The molecule has 2 aliphatic heterocycles. The number of benzene rings is 2. The number of imidazole rings is 1. The van der Waals surface area contributed by atoms with Crippen molar-refractivity contribution < 1.29 is 22.7 Å². The van der Waals surface area contributed by atoms with Gasteiger partial charge >= 0.3 is 0 Å². The summed E-state index contributed by atoms with van der Waals surface area (Å²) in [5.41, 5.74) is 3.37. The normalized spacial score (nSPS) is 21.7. The third kappa shape index (κ3) is 4.39. The van der Waals surface area contributed by atoms with Crippen molar-refractivity contribution in [2.45, 2.75) is 31.8 Å². The van der Waals surface area contributed by atoms with Crippen LogP contribution >= 0.6 is 0 Å². The average molecular weight is 497 g/mol. The minimum atomic E-state index is -1.51. The molecule has 0 spiro atoms. The van der Waals surface area contributed by atoms with E-state index in [-0.39, 0.29) is 17.5 Å². The highest BCUT2D eigenvalue weighted by molar-refractivity contribution is 5.99. The van der Waals surface area contributed by atoms with Gasteiger partial charge in [-0.25, -0.2) is 18.2 Å². The van der Waals surface area contributed by atoms with E-state index in [9.17, 15) is 18.0 Å². The van der Waals surface area contributed by atoms with Crippen LogP contribution in [-0.4, -0.2) is 58.5 Å². The average Bonchev–Trinajstić information content (AvgIpc) is 3.29. The molecule has 0 bridgehead atoms. The highest BCUT2D eigenvalue weighted by Gasteiger charge is 2.41. The molecular formula is C27H27F3N4O2. The van der Waals surface area contributed by atoms with Gasteiger partial charge in [-0.15, -0.1) is 0 Å². The van der Waals surface area contributed by atoms with Crippen LogP contribution in [0, 0.1) is 24.4 Å². The Labute approximate surface area is 207 Å². The molecule has 188 valence electrons. The molecule has 1 amide bonds. The summed E-state index contributed by atoms with van der Waals surface area (Å²) >= 11 is 0. The second-order valence-corrected chi connectivity index (χ2v) is 9.46. The number of ether oxygens (including phenoxy) is 1. The quantitative estimate of drug-likeness (QED) is 0.389. The Morgan fingerprint density at radius 3 is 2.53 bits per heavy atom. The van der Waals surface area contributed by atoms with E-state index in [1.807, 2.05) is 53.9 Å². The lowest BCUT2D eigenvalue weighted by molar-refractivity contribution is -0.138. The molecule has 1 aromatic heterocycles. The van der Waals surface area contributed by atoms with E-state index in [0.717, 1.165) is 29.1 Å². The summed E-state index contributed by atoms with van der Waals surface area (Å²) in [6.45, 7) is 2.96. The number of nitrogens with zero attached hydrogens (tertiary/aromatic N) is 4. The SMILES string of the molecule is COc1cc(/C=C2\CC[C@@H]3CN(C)C[C@H](c4cc(F)c(F)c(F)c4)N3C2=O)ccc1-n1cnc(C)c1. The molecule has 2 aromatic carbocycles. The number of rotatable bonds is 4. The van der Waals surface area contributed by atoms with Crippen LogP contribution in [0.2, 0.25) is 0 Å². The largest absolute Gasteiger partial charge is 0.495 e.